The summed E-state index contributed by atoms with van der Waals surface area (Å²) in [6.07, 6.45) is 5.44. The Labute approximate surface area is 129 Å². The number of carbonyl (C=O) groups excluding carboxylic acids is 2. The molecule has 1 aromatic rings. The molecule has 1 saturated heterocycles. The molecule has 0 aromatic carbocycles. The van der Waals surface area contributed by atoms with Gasteiger partial charge in [0.15, 0.2) is 0 Å². The van der Waals surface area contributed by atoms with Crippen LogP contribution in [0.15, 0.2) is 23.3 Å². The zero-order chi connectivity index (χ0) is 15.9. The highest BCUT2D eigenvalue weighted by molar-refractivity contribution is 5.81. The van der Waals surface area contributed by atoms with E-state index in [2.05, 4.69) is 10.3 Å². The van der Waals surface area contributed by atoms with Crippen molar-refractivity contribution in [1.82, 2.24) is 19.8 Å². The number of piperidine rings is 1. The quantitative estimate of drug-likeness (QED) is 0.830. The summed E-state index contributed by atoms with van der Waals surface area (Å²) in [7, 11) is 0. The second kappa shape index (κ2) is 7.72. The fourth-order valence-corrected chi connectivity index (χ4v) is 2.56. The molecule has 2 heterocycles. The predicted octanol–water partition coefficient (Wildman–Crippen LogP) is 0.00810. The van der Waals surface area contributed by atoms with E-state index in [0.717, 1.165) is 19.3 Å². The lowest BCUT2D eigenvalue weighted by Gasteiger charge is -2.32. The minimum atomic E-state index is -0.440. The molecule has 22 heavy (non-hydrogen) atoms. The Morgan fingerprint density at radius 2 is 2.27 bits per heavy atom. The molecule has 1 aromatic heterocycles. The third-order valence-electron chi connectivity index (χ3n) is 3.78. The summed E-state index contributed by atoms with van der Waals surface area (Å²) in [5.41, 5.74) is -0.440. The van der Waals surface area contributed by atoms with E-state index in [0.29, 0.717) is 19.6 Å². The molecule has 1 N–H and O–H groups in total. The van der Waals surface area contributed by atoms with Crippen LogP contribution in [0.25, 0.3) is 0 Å². The van der Waals surface area contributed by atoms with Crippen LogP contribution in [0.3, 0.4) is 0 Å². The Hall–Kier alpha value is -2.18. The van der Waals surface area contributed by atoms with E-state index in [4.69, 9.17) is 0 Å². The highest BCUT2D eigenvalue weighted by Gasteiger charge is 2.28. The van der Waals surface area contributed by atoms with Crippen molar-refractivity contribution in [3.8, 4) is 0 Å². The molecule has 2 amide bonds. The van der Waals surface area contributed by atoms with Crippen molar-refractivity contribution in [2.24, 2.45) is 5.92 Å². The molecule has 1 aliphatic rings. The van der Waals surface area contributed by atoms with Crippen molar-refractivity contribution in [3.63, 3.8) is 0 Å². The SMILES string of the molecule is CCCNC(=O)[C@@H]1CCCN(C(=O)Cn2cccnc2=O)C1. The van der Waals surface area contributed by atoms with Crippen molar-refractivity contribution in [3.05, 3.63) is 28.9 Å². The highest BCUT2D eigenvalue weighted by atomic mass is 16.2. The van der Waals surface area contributed by atoms with Gasteiger partial charge in [0.1, 0.15) is 6.54 Å². The van der Waals surface area contributed by atoms with Crippen molar-refractivity contribution in [2.75, 3.05) is 19.6 Å². The summed E-state index contributed by atoms with van der Waals surface area (Å²) >= 11 is 0. The van der Waals surface area contributed by atoms with Gasteiger partial charge in [-0.2, -0.15) is 0 Å². The summed E-state index contributed by atoms with van der Waals surface area (Å²) in [4.78, 5) is 41.2. The molecule has 7 nitrogen and oxygen atoms in total. The van der Waals surface area contributed by atoms with E-state index >= 15 is 0 Å². The summed E-state index contributed by atoms with van der Waals surface area (Å²) in [5, 5.41) is 2.88. The van der Waals surface area contributed by atoms with Gasteiger partial charge in [0.2, 0.25) is 11.8 Å². The van der Waals surface area contributed by atoms with Crippen molar-refractivity contribution >= 4 is 11.8 Å². The molecule has 0 saturated carbocycles. The zero-order valence-corrected chi connectivity index (χ0v) is 12.8. The second-order valence-corrected chi connectivity index (χ2v) is 5.50. The Morgan fingerprint density at radius 1 is 1.45 bits per heavy atom. The fourth-order valence-electron chi connectivity index (χ4n) is 2.56. The van der Waals surface area contributed by atoms with E-state index in [1.54, 1.807) is 17.2 Å². The Morgan fingerprint density at radius 3 is 3.00 bits per heavy atom. The highest BCUT2D eigenvalue weighted by Crippen LogP contribution is 2.17. The standard InChI is InChI=1S/C15H22N4O3/c1-2-6-16-14(21)12-5-3-8-18(10-12)13(20)11-19-9-4-7-17-15(19)22/h4,7,9,12H,2-3,5-6,8,10-11H2,1H3,(H,16,21)/t12-/m1/s1. The molecule has 0 spiro atoms. The molecule has 120 valence electrons. The number of nitrogens with zero attached hydrogens (tertiary/aromatic N) is 3. The maximum atomic E-state index is 12.3. The van der Waals surface area contributed by atoms with E-state index in [1.165, 1.54) is 10.8 Å². The lowest BCUT2D eigenvalue weighted by molar-refractivity contribution is -0.136. The van der Waals surface area contributed by atoms with E-state index < -0.39 is 5.69 Å². The maximum Gasteiger partial charge on any atom is 0.347 e. The van der Waals surface area contributed by atoms with Crippen LogP contribution in [0.1, 0.15) is 26.2 Å². The average Bonchev–Trinajstić information content (AvgIpc) is 2.54. The van der Waals surface area contributed by atoms with Gasteiger partial charge in [-0.1, -0.05) is 6.92 Å². The predicted molar refractivity (Wildman–Crippen MR) is 81.1 cm³/mol. The molecule has 0 radical (unpaired) electrons. The van der Waals surface area contributed by atoms with Gasteiger partial charge in [-0.05, 0) is 25.3 Å². The zero-order valence-electron chi connectivity index (χ0n) is 12.8. The third kappa shape index (κ3) is 4.16. The summed E-state index contributed by atoms with van der Waals surface area (Å²) in [6, 6.07) is 1.62. The van der Waals surface area contributed by atoms with Gasteiger partial charge in [0.25, 0.3) is 0 Å². The Bertz CT molecular complexity index is 584. The summed E-state index contributed by atoms with van der Waals surface area (Å²) < 4.78 is 1.28. The number of hydrogen-bond donors (Lipinski definition) is 1. The van der Waals surface area contributed by atoms with Crippen molar-refractivity contribution in [2.45, 2.75) is 32.7 Å². The number of nitrogens with one attached hydrogen (secondary N) is 1. The first kappa shape index (κ1) is 16.2. The molecule has 0 bridgehead atoms. The Balaban J connectivity index is 1.94. The lowest BCUT2D eigenvalue weighted by Crippen LogP contribution is -2.47. The minimum Gasteiger partial charge on any atom is -0.356 e. The molecule has 0 unspecified atom stereocenters. The topological polar surface area (TPSA) is 84.3 Å². The van der Waals surface area contributed by atoms with E-state index in [9.17, 15) is 14.4 Å². The number of rotatable bonds is 5. The van der Waals surface area contributed by atoms with Crippen molar-refractivity contribution in [1.29, 1.82) is 0 Å². The second-order valence-electron chi connectivity index (χ2n) is 5.50. The number of carbonyl (C=O) groups is 2. The van der Waals surface area contributed by atoms with Crippen LogP contribution in [0.4, 0.5) is 0 Å². The molecule has 1 atom stereocenters. The molecule has 0 aliphatic carbocycles. The largest absolute Gasteiger partial charge is 0.356 e. The van der Waals surface area contributed by atoms with Gasteiger partial charge >= 0.3 is 5.69 Å². The number of amides is 2. The number of hydrogen-bond acceptors (Lipinski definition) is 4. The van der Waals surface area contributed by atoms with Gasteiger partial charge in [-0.25, -0.2) is 9.78 Å². The summed E-state index contributed by atoms with van der Waals surface area (Å²) in [6.45, 7) is 3.68. The normalized spacial score (nSPS) is 18.0. The average molecular weight is 306 g/mol. The monoisotopic (exact) mass is 306 g/mol. The first-order valence-electron chi connectivity index (χ1n) is 7.68. The molecule has 2 rings (SSSR count). The van der Waals surface area contributed by atoms with Crippen LogP contribution < -0.4 is 11.0 Å². The van der Waals surface area contributed by atoms with Crippen LogP contribution in [0, 0.1) is 5.92 Å². The van der Waals surface area contributed by atoms with Gasteiger partial charge in [-0.3, -0.25) is 14.2 Å². The van der Waals surface area contributed by atoms with Crippen LogP contribution in [-0.4, -0.2) is 45.9 Å². The smallest absolute Gasteiger partial charge is 0.347 e. The van der Waals surface area contributed by atoms with E-state index in [1.807, 2.05) is 6.92 Å². The first-order valence-corrected chi connectivity index (χ1v) is 7.68. The molecule has 1 aliphatic heterocycles. The third-order valence-corrected chi connectivity index (χ3v) is 3.78. The minimum absolute atomic E-state index is 0.0119. The Kier molecular flexibility index (Phi) is 5.68. The van der Waals surface area contributed by atoms with Crippen LogP contribution in [-0.2, 0) is 16.1 Å². The number of likely N-dealkylation sites (tertiary alicyclic amines) is 1. The number of aromatic nitrogens is 2. The van der Waals surface area contributed by atoms with Gasteiger partial charge in [0, 0.05) is 32.0 Å². The fraction of sp³-hybridized carbons (Fsp3) is 0.600. The maximum absolute atomic E-state index is 12.3. The van der Waals surface area contributed by atoms with Crippen LogP contribution in [0.5, 0.6) is 0 Å². The molecule has 1 fully saturated rings. The van der Waals surface area contributed by atoms with Gasteiger partial charge in [0.05, 0.1) is 5.92 Å². The van der Waals surface area contributed by atoms with Crippen molar-refractivity contribution < 1.29 is 9.59 Å². The lowest BCUT2D eigenvalue weighted by atomic mass is 9.97. The van der Waals surface area contributed by atoms with Gasteiger partial charge < -0.3 is 10.2 Å². The molecular weight excluding hydrogens is 284 g/mol. The van der Waals surface area contributed by atoms with Crippen LogP contribution >= 0.6 is 0 Å². The molecular formula is C15H22N4O3. The van der Waals surface area contributed by atoms with Gasteiger partial charge in [-0.15, -0.1) is 0 Å². The van der Waals surface area contributed by atoms with Crippen LogP contribution in [0.2, 0.25) is 0 Å². The van der Waals surface area contributed by atoms with E-state index in [-0.39, 0.29) is 24.3 Å². The first-order chi connectivity index (χ1) is 10.6. The summed E-state index contributed by atoms with van der Waals surface area (Å²) in [5.74, 6) is -0.296. The molecule has 7 heteroatoms.